The largest absolute Gasteiger partial charge is 0.496 e. The van der Waals surface area contributed by atoms with Gasteiger partial charge in [0.05, 0.1) is 13.2 Å². The van der Waals surface area contributed by atoms with Gasteiger partial charge in [0.15, 0.2) is 5.78 Å². The molecule has 0 fully saturated rings. The summed E-state index contributed by atoms with van der Waals surface area (Å²) >= 11 is 0. The second kappa shape index (κ2) is 6.47. The van der Waals surface area contributed by atoms with E-state index in [1.54, 1.807) is 31.3 Å². The number of para-hydroxylation sites is 1. The molecule has 0 aliphatic carbocycles. The van der Waals surface area contributed by atoms with Crippen LogP contribution in [0, 0.1) is 0 Å². The summed E-state index contributed by atoms with van der Waals surface area (Å²) < 4.78 is 5.35. The van der Waals surface area contributed by atoms with Crippen molar-refractivity contribution in [3.05, 3.63) is 53.3 Å². The fraction of sp³-hybridized carbons (Fsp3) is 0.294. The Kier molecular flexibility index (Phi) is 4.65. The Morgan fingerprint density at radius 3 is 2.55 bits per heavy atom. The number of amides is 1. The molecule has 1 aromatic heterocycles. The molecule has 1 atom stereocenters. The van der Waals surface area contributed by atoms with E-state index in [1.807, 2.05) is 31.2 Å². The van der Waals surface area contributed by atoms with Gasteiger partial charge >= 0.3 is 0 Å². The first-order valence-corrected chi connectivity index (χ1v) is 7.05. The van der Waals surface area contributed by atoms with Crippen LogP contribution in [-0.2, 0) is 0 Å². The maximum absolute atomic E-state index is 12.5. The number of nitrogens with one attached hydrogen (secondary N) is 1. The summed E-state index contributed by atoms with van der Waals surface area (Å²) in [5, 5.41) is 0. The standard InChI is InChI=1S/C17H20N2O3/c1-11(14-7-5-6-8-16(14)22-4)19(3)17(21)15-9-13(10-18-15)12(2)20/h5-11,18H,1-4H3. The molecule has 1 heterocycles. The fourth-order valence-corrected chi connectivity index (χ4v) is 2.31. The molecule has 1 unspecified atom stereocenters. The number of aromatic nitrogens is 1. The van der Waals surface area contributed by atoms with E-state index in [2.05, 4.69) is 4.98 Å². The van der Waals surface area contributed by atoms with Gasteiger partial charge in [-0.2, -0.15) is 0 Å². The summed E-state index contributed by atoms with van der Waals surface area (Å²) in [7, 11) is 3.34. The minimum atomic E-state index is -0.175. The molecule has 2 aromatic rings. The van der Waals surface area contributed by atoms with Gasteiger partial charge in [-0.25, -0.2) is 0 Å². The molecule has 0 aliphatic heterocycles. The Morgan fingerprint density at radius 2 is 1.95 bits per heavy atom. The van der Waals surface area contributed by atoms with Gasteiger partial charge in [0.1, 0.15) is 11.4 Å². The van der Waals surface area contributed by atoms with Crippen LogP contribution in [0.2, 0.25) is 0 Å². The molecule has 5 heteroatoms. The van der Waals surface area contributed by atoms with Crippen molar-refractivity contribution in [3.8, 4) is 5.75 Å². The molecule has 1 amide bonds. The number of ketones is 1. The van der Waals surface area contributed by atoms with Crippen LogP contribution in [0.3, 0.4) is 0 Å². The highest BCUT2D eigenvalue weighted by molar-refractivity contribution is 5.99. The van der Waals surface area contributed by atoms with Crippen molar-refractivity contribution in [2.75, 3.05) is 14.2 Å². The van der Waals surface area contributed by atoms with Gasteiger partial charge in [-0.3, -0.25) is 9.59 Å². The summed E-state index contributed by atoms with van der Waals surface area (Å²) in [6.07, 6.45) is 1.55. The van der Waals surface area contributed by atoms with Crippen molar-refractivity contribution in [2.45, 2.75) is 19.9 Å². The maximum Gasteiger partial charge on any atom is 0.270 e. The first-order chi connectivity index (χ1) is 10.5. The molecular formula is C17H20N2O3. The minimum Gasteiger partial charge on any atom is -0.496 e. The first-order valence-electron chi connectivity index (χ1n) is 7.05. The van der Waals surface area contributed by atoms with Crippen LogP contribution in [0.25, 0.3) is 0 Å². The number of methoxy groups -OCH3 is 1. The van der Waals surface area contributed by atoms with Crippen LogP contribution in [0.1, 0.15) is 46.3 Å². The van der Waals surface area contributed by atoms with E-state index in [9.17, 15) is 9.59 Å². The van der Waals surface area contributed by atoms with E-state index in [1.165, 1.54) is 6.92 Å². The number of rotatable bonds is 5. The van der Waals surface area contributed by atoms with E-state index >= 15 is 0 Å². The molecule has 1 N–H and O–H groups in total. The molecule has 1 aromatic carbocycles. The SMILES string of the molecule is COc1ccccc1C(C)N(C)C(=O)c1cc(C(C)=O)c[nH]1. The van der Waals surface area contributed by atoms with Crippen LogP contribution in [0.15, 0.2) is 36.5 Å². The monoisotopic (exact) mass is 300 g/mol. The number of carbonyl (C=O) groups is 2. The van der Waals surface area contributed by atoms with E-state index < -0.39 is 0 Å². The van der Waals surface area contributed by atoms with Gasteiger partial charge < -0.3 is 14.6 Å². The fourth-order valence-electron chi connectivity index (χ4n) is 2.31. The number of Topliss-reactive ketones (excluding diaryl/α,β-unsaturated/α-hetero) is 1. The number of nitrogens with zero attached hydrogens (tertiary/aromatic N) is 1. The molecule has 0 spiro atoms. The zero-order valence-electron chi connectivity index (χ0n) is 13.2. The van der Waals surface area contributed by atoms with Crippen LogP contribution in [-0.4, -0.2) is 35.7 Å². The van der Waals surface area contributed by atoms with Crippen LogP contribution < -0.4 is 4.74 Å². The van der Waals surface area contributed by atoms with Crippen molar-refractivity contribution in [1.29, 1.82) is 0 Å². The summed E-state index contributed by atoms with van der Waals surface area (Å²) in [6.45, 7) is 3.41. The second-order valence-corrected chi connectivity index (χ2v) is 5.19. The lowest BCUT2D eigenvalue weighted by molar-refractivity contribution is 0.0736. The topological polar surface area (TPSA) is 62.4 Å². The Hall–Kier alpha value is -2.56. The minimum absolute atomic E-state index is 0.0734. The third-order valence-corrected chi connectivity index (χ3v) is 3.81. The average Bonchev–Trinajstić information content (AvgIpc) is 3.03. The maximum atomic E-state index is 12.5. The molecule has 5 nitrogen and oxygen atoms in total. The first kappa shape index (κ1) is 15.8. The van der Waals surface area contributed by atoms with Crippen LogP contribution in [0.4, 0.5) is 0 Å². The number of hydrogen-bond acceptors (Lipinski definition) is 3. The zero-order valence-corrected chi connectivity index (χ0v) is 13.2. The predicted molar refractivity (Wildman–Crippen MR) is 84.3 cm³/mol. The number of aromatic amines is 1. The Labute approximate surface area is 129 Å². The average molecular weight is 300 g/mol. The van der Waals surface area contributed by atoms with E-state index in [-0.39, 0.29) is 17.7 Å². The molecule has 22 heavy (non-hydrogen) atoms. The lowest BCUT2D eigenvalue weighted by Gasteiger charge is -2.26. The summed E-state index contributed by atoms with van der Waals surface area (Å²) in [5.74, 6) is 0.493. The quantitative estimate of drug-likeness (QED) is 0.863. The van der Waals surface area contributed by atoms with Gasteiger partial charge in [0.25, 0.3) is 5.91 Å². The van der Waals surface area contributed by atoms with Gasteiger partial charge in [0, 0.05) is 24.4 Å². The van der Waals surface area contributed by atoms with Crippen molar-refractivity contribution < 1.29 is 14.3 Å². The molecule has 0 radical (unpaired) electrons. The van der Waals surface area contributed by atoms with Gasteiger partial charge in [-0.05, 0) is 26.0 Å². The van der Waals surface area contributed by atoms with E-state index in [4.69, 9.17) is 4.74 Å². The van der Waals surface area contributed by atoms with Gasteiger partial charge in [-0.1, -0.05) is 18.2 Å². The number of H-pyrrole nitrogens is 1. The third-order valence-electron chi connectivity index (χ3n) is 3.81. The molecule has 2 rings (SSSR count). The molecule has 0 saturated heterocycles. The van der Waals surface area contributed by atoms with E-state index in [0.717, 1.165) is 11.3 Å². The zero-order chi connectivity index (χ0) is 16.3. The lowest BCUT2D eigenvalue weighted by Crippen LogP contribution is -2.30. The van der Waals surface area contributed by atoms with Gasteiger partial charge in [-0.15, -0.1) is 0 Å². The highest BCUT2D eigenvalue weighted by atomic mass is 16.5. The van der Waals surface area contributed by atoms with Gasteiger partial charge in [0.2, 0.25) is 0 Å². The van der Waals surface area contributed by atoms with Crippen molar-refractivity contribution in [1.82, 2.24) is 9.88 Å². The van der Waals surface area contributed by atoms with Crippen molar-refractivity contribution >= 4 is 11.7 Å². The number of carbonyl (C=O) groups excluding carboxylic acids is 2. The number of ether oxygens (including phenoxy) is 1. The Morgan fingerprint density at radius 1 is 1.27 bits per heavy atom. The molecule has 116 valence electrons. The molecule has 0 aliphatic rings. The van der Waals surface area contributed by atoms with Crippen molar-refractivity contribution in [2.24, 2.45) is 0 Å². The smallest absolute Gasteiger partial charge is 0.270 e. The van der Waals surface area contributed by atoms with E-state index in [0.29, 0.717) is 11.3 Å². The lowest BCUT2D eigenvalue weighted by atomic mass is 10.1. The Bertz CT molecular complexity index is 691. The number of hydrogen-bond donors (Lipinski definition) is 1. The Balaban J connectivity index is 2.23. The molecule has 0 bridgehead atoms. The molecular weight excluding hydrogens is 280 g/mol. The highest BCUT2D eigenvalue weighted by Crippen LogP contribution is 2.28. The summed E-state index contributed by atoms with van der Waals surface area (Å²) in [5.41, 5.74) is 1.83. The predicted octanol–water partition coefficient (Wildman–Crippen LogP) is 3.06. The second-order valence-electron chi connectivity index (χ2n) is 5.19. The normalized spacial score (nSPS) is 11.8. The molecule has 0 saturated carbocycles. The third kappa shape index (κ3) is 3.03. The van der Waals surface area contributed by atoms with Crippen LogP contribution in [0.5, 0.6) is 5.75 Å². The highest BCUT2D eigenvalue weighted by Gasteiger charge is 2.22. The van der Waals surface area contributed by atoms with Crippen molar-refractivity contribution in [3.63, 3.8) is 0 Å². The summed E-state index contributed by atoms with van der Waals surface area (Å²) in [4.78, 5) is 28.3. The van der Waals surface area contributed by atoms with Crippen LogP contribution >= 0.6 is 0 Å². The number of benzene rings is 1. The summed E-state index contributed by atoms with van der Waals surface area (Å²) in [6, 6.07) is 9.02.